The zero-order chi connectivity index (χ0) is 14.7. The summed E-state index contributed by atoms with van der Waals surface area (Å²) in [6.07, 6.45) is -0.333. The molecular formula is C14H11F3N2O. The average Bonchev–Trinajstić information content (AvgIpc) is 2.37. The van der Waals surface area contributed by atoms with E-state index in [-0.39, 0.29) is 23.4 Å². The summed E-state index contributed by atoms with van der Waals surface area (Å²) < 4.78 is 39.5. The van der Waals surface area contributed by atoms with Crippen LogP contribution in [0.2, 0.25) is 0 Å². The molecule has 0 aliphatic heterocycles. The monoisotopic (exact) mass is 280 g/mol. The summed E-state index contributed by atoms with van der Waals surface area (Å²) in [4.78, 5) is 11.7. The molecule has 2 rings (SSSR count). The van der Waals surface area contributed by atoms with Gasteiger partial charge in [-0.15, -0.1) is 0 Å². The van der Waals surface area contributed by atoms with Crippen LogP contribution >= 0.6 is 0 Å². The molecule has 0 aliphatic carbocycles. The Hall–Kier alpha value is -2.50. The van der Waals surface area contributed by atoms with Gasteiger partial charge >= 0.3 is 0 Å². The molecule has 20 heavy (non-hydrogen) atoms. The van der Waals surface area contributed by atoms with Crippen molar-refractivity contribution in [1.82, 2.24) is 0 Å². The fourth-order valence-electron chi connectivity index (χ4n) is 1.67. The van der Waals surface area contributed by atoms with Gasteiger partial charge in [0.2, 0.25) is 5.91 Å². The van der Waals surface area contributed by atoms with Crippen LogP contribution in [0.5, 0.6) is 0 Å². The van der Waals surface area contributed by atoms with Crippen molar-refractivity contribution in [1.29, 1.82) is 0 Å². The Bertz CT molecular complexity index is 659. The molecule has 3 N–H and O–H groups in total. The van der Waals surface area contributed by atoms with Gasteiger partial charge in [-0.05, 0) is 29.8 Å². The number of anilines is 2. The summed E-state index contributed by atoms with van der Waals surface area (Å²) in [5, 5.41) is 2.29. The number of nitrogen functional groups attached to an aromatic ring is 1. The van der Waals surface area contributed by atoms with Crippen LogP contribution in [0.25, 0.3) is 0 Å². The topological polar surface area (TPSA) is 55.1 Å². The van der Waals surface area contributed by atoms with Crippen molar-refractivity contribution in [3.63, 3.8) is 0 Å². The van der Waals surface area contributed by atoms with Crippen LogP contribution in [0, 0.1) is 17.5 Å². The minimum Gasteiger partial charge on any atom is -0.399 e. The molecule has 0 aliphatic rings. The lowest BCUT2D eigenvalue weighted by Gasteiger charge is -2.08. The number of nitrogens with two attached hydrogens (primary N) is 1. The van der Waals surface area contributed by atoms with Crippen LogP contribution < -0.4 is 11.1 Å². The third-order valence-corrected chi connectivity index (χ3v) is 2.63. The summed E-state index contributed by atoms with van der Waals surface area (Å²) in [6, 6.07) is 6.62. The smallest absolute Gasteiger partial charge is 0.228 e. The first kappa shape index (κ1) is 13.9. The van der Waals surface area contributed by atoms with E-state index >= 15 is 0 Å². The first-order chi connectivity index (χ1) is 9.45. The Kier molecular flexibility index (Phi) is 3.93. The third kappa shape index (κ3) is 3.28. The molecule has 2 aromatic rings. The van der Waals surface area contributed by atoms with E-state index in [2.05, 4.69) is 5.32 Å². The summed E-state index contributed by atoms with van der Waals surface area (Å²) >= 11 is 0. The standard InChI is InChI=1S/C14H11F3N2O/c15-9-2-1-8(12(17)6-9)5-14(20)19-13-7-10(18)3-4-11(13)16/h1-4,6-7H,5,18H2,(H,19,20). The van der Waals surface area contributed by atoms with E-state index in [9.17, 15) is 18.0 Å². The fourth-order valence-corrected chi connectivity index (χ4v) is 1.67. The van der Waals surface area contributed by atoms with E-state index in [0.717, 1.165) is 12.1 Å². The van der Waals surface area contributed by atoms with Gasteiger partial charge in [0, 0.05) is 11.8 Å². The molecule has 0 unspecified atom stereocenters. The van der Waals surface area contributed by atoms with Crippen molar-refractivity contribution >= 4 is 17.3 Å². The van der Waals surface area contributed by atoms with Crippen LogP contribution in [-0.4, -0.2) is 5.91 Å². The molecule has 6 heteroatoms. The fraction of sp³-hybridized carbons (Fsp3) is 0.0714. The zero-order valence-electron chi connectivity index (χ0n) is 10.3. The summed E-state index contributed by atoms with van der Waals surface area (Å²) in [6.45, 7) is 0. The number of hydrogen-bond acceptors (Lipinski definition) is 2. The third-order valence-electron chi connectivity index (χ3n) is 2.63. The summed E-state index contributed by atoms with van der Waals surface area (Å²) in [7, 11) is 0. The highest BCUT2D eigenvalue weighted by Crippen LogP contribution is 2.18. The molecule has 1 amide bonds. The molecule has 2 aromatic carbocycles. The Labute approximate surface area is 113 Å². The van der Waals surface area contributed by atoms with Crippen molar-refractivity contribution in [3.05, 3.63) is 59.4 Å². The Morgan fingerprint density at radius 2 is 1.80 bits per heavy atom. The normalized spacial score (nSPS) is 10.3. The lowest BCUT2D eigenvalue weighted by atomic mass is 10.1. The molecular weight excluding hydrogens is 269 g/mol. The molecule has 3 nitrogen and oxygen atoms in total. The number of rotatable bonds is 3. The SMILES string of the molecule is Nc1ccc(F)c(NC(=O)Cc2ccc(F)cc2F)c1. The van der Waals surface area contributed by atoms with Crippen molar-refractivity contribution in [2.24, 2.45) is 0 Å². The van der Waals surface area contributed by atoms with Crippen LogP contribution in [0.1, 0.15) is 5.56 Å². The average molecular weight is 280 g/mol. The lowest BCUT2D eigenvalue weighted by molar-refractivity contribution is -0.115. The van der Waals surface area contributed by atoms with Gasteiger partial charge in [-0.1, -0.05) is 6.07 Å². The molecule has 0 saturated heterocycles. The van der Waals surface area contributed by atoms with E-state index in [1.807, 2.05) is 0 Å². The highest BCUT2D eigenvalue weighted by Gasteiger charge is 2.11. The second-order valence-corrected chi connectivity index (χ2v) is 4.20. The minimum absolute atomic E-state index is 0.0215. The molecule has 0 spiro atoms. The van der Waals surface area contributed by atoms with Gasteiger partial charge in [0.05, 0.1) is 12.1 Å². The van der Waals surface area contributed by atoms with E-state index in [0.29, 0.717) is 6.07 Å². The number of carbonyl (C=O) groups is 1. The number of carbonyl (C=O) groups excluding carboxylic acids is 1. The molecule has 0 aromatic heterocycles. The predicted molar refractivity (Wildman–Crippen MR) is 69.5 cm³/mol. The maximum atomic E-state index is 13.4. The quantitative estimate of drug-likeness (QED) is 0.849. The highest BCUT2D eigenvalue weighted by molar-refractivity contribution is 5.92. The lowest BCUT2D eigenvalue weighted by Crippen LogP contribution is -2.16. The molecule has 0 atom stereocenters. The second kappa shape index (κ2) is 5.64. The minimum atomic E-state index is -0.826. The first-order valence-electron chi connectivity index (χ1n) is 5.74. The second-order valence-electron chi connectivity index (χ2n) is 4.20. The van der Waals surface area contributed by atoms with E-state index in [1.54, 1.807) is 0 Å². The van der Waals surface area contributed by atoms with Gasteiger partial charge in [-0.2, -0.15) is 0 Å². The van der Waals surface area contributed by atoms with Crippen molar-refractivity contribution in [3.8, 4) is 0 Å². The van der Waals surface area contributed by atoms with Gasteiger partial charge in [0.25, 0.3) is 0 Å². The molecule has 104 valence electrons. The van der Waals surface area contributed by atoms with Gasteiger partial charge in [0.1, 0.15) is 17.5 Å². The molecule has 0 bridgehead atoms. The number of amides is 1. The number of halogens is 3. The Balaban J connectivity index is 2.11. The maximum Gasteiger partial charge on any atom is 0.228 e. The zero-order valence-corrected chi connectivity index (χ0v) is 10.3. The summed E-state index contributed by atoms with van der Waals surface area (Å²) in [5.41, 5.74) is 5.70. The molecule has 0 saturated carbocycles. The maximum absolute atomic E-state index is 13.4. The number of benzene rings is 2. The van der Waals surface area contributed by atoms with Gasteiger partial charge in [-0.3, -0.25) is 4.79 Å². The first-order valence-corrected chi connectivity index (χ1v) is 5.74. The van der Waals surface area contributed by atoms with Crippen LogP contribution in [0.3, 0.4) is 0 Å². The molecule has 0 radical (unpaired) electrons. The van der Waals surface area contributed by atoms with Crippen molar-refractivity contribution in [2.45, 2.75) is 6.42 Å². The van der Waals surface area contributed by atoms with Crippen molar-refractivity contribution in [2.75, 3.05) is 11.1 Å². The number of nitrogens with one attached hydrogen (secondary N) is 1. The predicted octanol–water partition coefficient (Wildman–Crippen LogP) is 2.87. The van der Waals surface area contributed by atoms with Crippen molar-refractivity contribution < 1.29 is 18.0 Å². The molecule has 0 fully saturated rings. The molecule has 0 heterocycles. The van der Waals surface area contributed by atoms with E-state index < -0.39 is 23.4 Å². The number of hydrogen-bond donors (Lipinski definition) is 2. The highest BCUT2D eigenvalue weighted by atomic mass is 19.1. The van der Waals surface area contributed by atoms with E-state index in [4.69, 9.17) is 5.73 Å². The van der Waals surface area contributed by atoms with Gasteiger partial charge < -0.3 is 11.1 Å². The van der Waals surface area contributed by atoms with Crippen LogP contribution in [0.4, 0.5) is 24.5 Å². The van der Waals surface area contributed by atoms with Gasteiger partial charge in [0.15, 0.2) is 0 Å². The Morgan fingerprint density at radius 1 is 1.05 bits per heavy atom. The summed E-state index contributed by atoms with van der Waals surface area (Å²) in [5.74, 6) is -2.83. The van der Waals surface area contributed by atoms with Crippen LogP contribution in [-0.2, 0) is 11.2 Å². The van der Waals surface area contributed by atoms with E-state index in [1.165, 1.54) is 18.2 Å². The van der Waals surface area contributed by atoms with Crippen LogP contribution in [0.15, 0.2) is 36.4 Å². The largest absolute Gasteiger partial charge is 0.399 e. The van der Waals surface area contributed by atoms with Gasteiger partial charge in [-0.25, -0.2) is 13.2 Å². The Morgan fingerprint density at radius 3 is 2.50 bits per heavy atom.